The Bertz CT molecular complexity index is 1170. The highest BCUT2D eigenvalue weighted by Gasteiger charge is 2.17. The molecule has 0 unspecified atom stereocenters. The van der Waals surface area contributed by atoms with Crippen molar-refractivity contribution in [2.75, 3.05) is 70.7 Å². The molecule has 10 nitrogen and oxygen atoms in total. The Morgan fingerprint density at radius 3 is 2.60 bits per heavy atom. The van der Waals surface area contributed by atoms with Crippen molar-refractivity contribution in [2.24, 2.45) is 4.99 Å². The van der Waals surface area contributed by atoms with Crippen LogP contribution < -0.4 is 9.64 Å². The van der Waals surface area contributed by atoms with Gasteiger partial charge in [0.05, 0.1) is 39.2 Å². The Morgan fingerprint density at radius 1 is 1.03 bits per heavy atom. The first-order valence-corrected chi connectivity index (χ1v) is 12.2. The number of aryl methyl sites for hydroxylation is 2. The normalized spacial score (nSPS) is 17.5. The Balaban J connectivity index is 1.29. The second-order valence-corrected chi connectivity index (χ2v) is 8.90. The van der Waals surface area contributed by atoms with Crippen molar-refractivity contribution in [3.05, 3.63) is 40.8 Å². The number of aromatic nitrogens is 4. The monoisotopic (exact) mass is 479 g/mol. The lowest BCUT2D eigenvalue weighted by molar-refractivity contribution is 0.0317. The molecule has 2 aliphatic heterocycles. The predicted molar refractivity (Wildman–Crippen MR) is 135 cm³/mol. The molecular formula is C25H33N7O3. The van der Waals surface area contributed by atoms with Gasteiger partial charge in [-0.25, -0.2) is 0 Å². The lowest BCUT2D eigenvalue weighted by atomic mass is 10.1. The van der Waals surface area contributed by atoms with E-state index in [1.165, 1.54) is 16.6 Å². The molecule has 4 heterocycles. The minimum atomic E-state index is 0.330. The third-order valence-corrected chi connectivity index (χ3v) is 6.51. The first-order chi connectivity index (χ1) is 17.2. The van der Waals surface area contributed by atoms with E-state index < -0.39 is 0 Å². The molecule has 0 bridgehead atoms. The molecule has 0 aliphatic carbocycles. The van der Waals surface area contributed by atoms with Gasteiger partial charge in [0.2, 0.25) is 5.95 Å². The van der Waals surface area contributed by atoms with E-state index in [9.17, 15) is 0 Å². The lowest BCUT2D eigenvalue weighted by Gasteiger charge is -2.27. The van der Waals surface area contributed by atoms with Gasteiger partial charge >= 0.3 is 6.01 Å². The molecule has 186 valence electrons. The second kappa shape index (κ2) is 11.1. The van der Waals surface area contributed by atoms with E-state index in [4.69, 9.17) is 14.2 Å². The summed E-state index contributed by atoms with van der Waals surface area (Å²) in [5.74, 6) is 1.10. The van der Waals surface area contributed by atoms with Crippen LogP contribution in [0.4, 0.5) is 5.95 Å². The summed E-state index contributed by atoms with van der Waals surface area (Å²) in [5, 5.41) is 1.24. The van der Waals surface area contributed by atoms with Crippen LogP contribution in [0.2, 0.25) is 0 Å². The number of benzene rings is 1. The SMILES string of the molecule is Cc1[nH]c2ccc(CN=Cc3nc(OCCN4CCOCC4)nc(N4CCOCC4)n3)cc2c1C. The van der Waals surface area contributed by atoms with Gasteiger partial charge in [-0.1, -0.05) is 6.07 Å². The molecule has 35 heavy (non-hydrogen) atoms. The van der Waals surface area contributed by atoms with Crippen molar-refractivity contribution in [1.82, 2.24) is 24.8 Å². The van der Waals surface area contributed by atoms with Gasteiger partial charge in [-0.2, -0.15) is 15.0 Å². The maximum absolute atomic E-state index is 5.94. The van der Waals surface area contributed by atoms with Crippen LogP contribution in [0.1, 0.15) is 22.6 Å². The van der Waals surface area contributed by atoms with Gasteiger partial charge in [-0.05, 0) is 37.1 Å². The topological polar surface area (TPSA) is 101 Å². The molecule has 1 N–H and O–H groups in total. The summed E-state index contributed by atoms with van der Waals surface area (Å²) in [6.45, 7) is 12.3. The number of rotatable bonds is 8. The zero-order valence-electron chi connectivity index (χ0n) is 20.5. The van der Waals surface area contributed by atoms with Crippen LogP contribution in [0.5, 0.6) is 6.01 Å². The van der Waals surface area contributed by atoms with Crippen molar-refractivity contribution in [1.29, 1.82) is 0 Å². The molecule has 0 amide bonds. The molecule has 2 saturated heterocycles. The number of anilines is 1. The zero-order chi connectivity index (χ0) is 24.0. The average molecular weight is 480 g/mol. The minimum absolute atomic E-state index is 0.330. The smallest absolute Gasteiger partial charge is 0.321 e. The molecule has 0 saturated carbocycles. The maximum Gasteiger partial charge on any atom is 0.321 e. The number of hydrogen-bond donors (Lipinski definition) is 1. The summed E-state index contributed by atoms with van der Waals surface area (Å²) >= 11 is 0. The quantitative estimate of drug-likeness (QED) is 0.491. The summed E-state index contributed by atoms with van der Waals surface area (Å²) < 4.78 is 16.8. The Hall–Kier alpha value is -3.08. The number of aromatic amines is 1. The number of H-pyrrole nitrogens is 1. The summed E-state index contributed by atoms with van der Waals surface area (Å²) in [6, 6.07) is 6.73. The highest BCUT2D eigenvalue weighted by atomic mass is 16.5. The van der Waals surface area contributed by atoms with Crippen LogP contribution in [0.3, 0.4) is 0 Å². The molecule has 5 rings (SSSR count). The van der Waals surface area contributed by atoms with Crippen molar-refractivity contribution < 1.29 is 14.2 Å². The molecule has 3 aromatic rings. The van der Waals surface area contributed by atoms with Crippen molar-refractivity contribution in [2.45, 2.75) is 20.4 Å². The van der Waals surface area contributed by atoms with E-state index in [1.807, 2.05) is 0 Å². The Labute approximate surface area is 205 Å². The number of hydrogen-bond acceptors (Lipinski definition) is 9. The number of morpholine rings is 2. The number of nitrogens with zero attached hydrogens (tertiary/aromatic N) is 6. The fourth-order valence-corrected chi connectivity index (χ4v) is 4.32. The zero-order valence-corrected chi connectivity index (χ0v) is 20.5. The van der Waals surface area contributed by atoms with Gasteiger partial charge in [0.15, 0.2) is 5.82 Å². The van der Waals surface area contributed by atoms with Crippen molar-refractivity contribution >= 4 is 23.1 Å². The molecule has 2 aromatic heterocycles. The summed E-state index contributed by atoms with van der Waals surface area (Å²) in [6.07, 6.45) is 1.71. The molecule has 2 aliphatic rings. The molecule has 0 spiro atoms. The standard InChI is InChI=1S/C25H33N7O3/c1-18-19(2)27-22-4-3-20(15-21(18)22)16-26-17-23-28-24(32-8-12-34-13-9-32)30-25(29-23)35-14-7-31-5-10-33-11-6-31/h3-4,15,17,27H,5-14,16H2,1-2H3. The lowest BCUT2D eigenvalue weighted by Crippen LogP contribution is -2.39. The van der Waals surface area contributed by atoms with Gasteiger partial charge in [0.25, 0.3) is 0 Å². The Morgan fingerprint density at radius 2 is 1.80 bits per heavy atom. The largest absolute Gasteiger partial charge is 0.462 e. The van der Waals surface area contributed by atoms with E-state index in [1.54, 1.807) is 6.21 Å². The van der Waals surface area contributed by atoms with Crippen LogP contribution in [-0.4, -0.2) is 96.8 Å². The number of ether oxygens (including phenoxy) is 3. The van der Waals surface area contributed by atoms with Gasteiger partial charge < -0.3 is 24.1 Å². The van der Waals surface area contributed by atoms with Gasteiger partial charge in [0, 0.05) is 49.3 Å². The van der Waals surface area contributed by atoms with E-state index >= 15 is 0 Å². The van der Waals surface area contributed by atoms with Crippen molar-refractivity contribution in [3.8, 4) is 6.01 Å². The molecular weight excluding hydrogens is 446 g/mol. The van der Waals surface area contributed by atoms with Gasteiger partial charge in [-0.15, -0.1) is 0 Å². The van der Waals surface area contributed by atoms with Crippen molar-refractivity contribution in [3.63, 3.8) is 0 Å². The Kier molecular flexibility index (Phi) is 7.51. The van der Waals surface area contributed by atoms with Crippen LogP contribution in [0.15, 0.2) is 23.2 Å². The number of nitrogens with one attached hydrogen (secondary N) is 1. The van der Waals surface area contributed by atoms with Crippen LogP contribution in [0.25, 0.3) is 10.9 Å². The van der Waals surface area contributed by atoms with E-state index in [-0.39, 0.29) is 0 Å². The maximum atomic E-state index is 5.94. The minimum Gasteiger partial charge on any atom is -0.462 e. The molecule has 0 radical (unpaired) electrons. The van der Waals surface area contributed by atoms with E-state index in [0.717, 1.165) is 57.0 Å². The molecule has 0 atom stereocenters. The molecule has 2 fully saturated rings. The summed E-state index contributed by atoms with van der Waals surface area (Å²) in [7, 11) is 0. The fraction of sp³-hybridized carbons (Fsp3) is 0.520. The first-order valence-electron chi connectivity index (χ1n) is 12.2. The van der Waals surface area contributed by atoms with Gasteiger partial charge in [-0.3, -0.25) is 9.89 Å². The van der Waals surface area contributed by atoms with Crippen LogP contribution >= 0.6 is 0 Å². The second-order valence-electron chi connectivity index (χ2n) is 8.90. The van der Waals surface area contributed by atoms with E-state index in [0.29, 0.717) is 44.1 Å². The van der Waals surface area contributed by atoms with Gasteiger partial charge in [0.1, 0.15) is 6.61 Å². The summed E-state index contributed by atoms with van der Waals surface area (Å²) in [4.78, 5) is 26.2. The number of fused-ring (bicyclic) bond motifs is 1. The van der Waals surface area contributed by atoms with Crippen LogP contribution in [0, 0.1) is 13.8 Å². The van der Waals surface area contributed by atoms with Crippen LogP contribution in [-0.2, 0) is 16.0 Å². The van der Waals surface area contributed by atoms with E-state index in [2.05, 4.69) is 66.8 Å². The molecule has 1 aromatic carbocycles. The third kappa shape index (κ3) is 5.95. The molecule has 10 heteroatoms. The first kappa shape index (κ1) is 23.7. The highest BCUT2D eigenvalue weighted by molar-refractivity contribution is 5.85. The number of aliphatic imine (C=N–C) groups is 1. The third-order valence-electron chi connectivity index (χ3n) is 6.51. The highest BCUT2D eigenvalue weighted by Crippen LogP contribution is 2.22. The predicted octanol–water partition coefficient (Wildman–Crippen LogP) is 2.14. The fourth-order valence-electron chi connectivity index (χ4n) is 4.32. The average Bonchev–Trinajstić information content (AvgIpc) is 3.18. The summed E-state index contributed by atoms with van der Waals surface area (Å²) in [5.41, 5.74) is 4.76.